The number of fused-ring (bicyclic) bond motifs is 1. The predicted molar refractivity (Wildman–Crippen MR) is 95.3 cm³/mol. The van der Waals surface area contributed by atoms with Crippen molar-refractivity contribution in [3.05, 3.63) is 54.6 Å². The molecule has 1 aromatic heterocycles. The molecule has 3 heterocycles. The molecule has 2 aliphatic heterocycles. The number of para-hydroxylation sites is 3. The summed E-state index contributed by atoms with van der Waals surface area (Å²) in [6, 6.07) is 18.0. The number of rotatable bonds is 0. The molecule has 3 nitrogen and oxygen atoms in total. The first kappa shape index (κ1) is 12.0. The Kier molecular flexibility index (Phi) is 1.93. The minimum absolute atomic E-state index is 0.654. The van der Waals surface area contributed by atoms with Gasteiger partial charge in [0.05, 0.1) is 11.0 Å². The van der Waals surface area contributed by atoms with Crippen LogP contribution in [0.3, 0.4) is 0 Å². The fourth-order valence-electron chi connectivity index (χ4n) is 4.45. The Morgan fingerprint density at radius 3 is 1.57 bits per heavy atom. The van der Waals surface area contributed by atoms with Crippen molar-refractivity contribution < 1.29 is 10.0 Å². The van der Waals surface area contributed by atoms with Crippen molar-refractivity contribution >= 4 is 57.5 Å². The molecule has 0 amide bonds. The van der Waals surface area contributed by atoms with E-state index in [1.165, 1.54) is 0 Å². The van der Waals surface area contributed by atoms with Gasteiger partial charge in [0.25, 0.3) is 0 Å². The number of hydrogen-bond acceptors (Lipinski definition) is 2. The van der Waals surface area contributed by atoms with Crippen molar-refractivity contribution in [1.82, 2.24) is 4.57 Å². The van der Waals surface area contributed by atoms with Gasteiger partial charge in [-0.1, -0.05) is 54.6 Å². The molecule has 0 saturated heterocycles. The number of benzene rings is 3. The molecule has 0 unspecified atom stereocenters. The molecule has 2 N–H and O–H groups in total. The molecule has 0 fully saturated rings. The summed E-state index contributed by atoms with van der Waals surface area (Å²) < 4.78 is 2.24. The maximum atomic E-state index is 10.9. The third-order valence-corrected chi connectivity index (χ3v) is 5.37. The molecule has 3 aromatic carbocycles. The molecule has 2 aliphatic rings. The van der Waals surface area contributed by atoms with Crippen LogP contribution >= 0.6 is 0 Å². The lowest BCUT2D eigenvalue weighted by atomic mass is 9.48. The average molecular weight is 295 g/mol. The molecule has 5 heteroatoms. The van der Waals surface area contributed by atoms with Gasteiger partial charge in [-0.05, 0) is 21.9 Å². The van der Waals surface area contributed by atoms with Crippen molar-refractivity contribution in [1.29, 1.82) is 0 Å². The van der Waals surface area contributed by atoms with E-state index in [1.54, 1.807) is 0 Å². The normalized spacial score (nSPS) is 14.3. The zero-order chi connectivity index (χ0) is 15.3. The zero-order valence-corrected chi connectivity index (χ0v) is 12.2. The van der Waals surface area contributed by atoms with Gasteiger partial charge in [0, 0.05) is 16.5 Å². The molecule has 0 bridgehead atoms. The van der Waals surface area contributed by atoms with E-state index in [2.05, 4.69) is 16.7 Å². The Morgan fingerprint density at radius 1 is 0.609 bits per heavy atom. The highest BCUT2D eigenvalue weighted by Gasteiger charge is 2.39. The monoisotopic (exact) mass is 295 g/mol. The topological polar surface area (TPSA) is 45.4 Å². The molecule has 106 valence electrons. The van der Waals surface area contributed by atoms with Crippen molar-refractivity contribution in [2.45, 2.75) is 0 Å². The summed E-state index contributed by atoms with van der Waals surface area (Å²) in [4.78, 5) is 0. The summed E-state index contributed by atoms with van der Waals surface area (Å²) in [5, 5.41) is 24.0. The van der Waals surface area contributed by atoms with Crippen molar-refractivity contribution in [2.75, 3.05) is 0 Å². The van der Waals surface area contributed by atoms with Crippen molar-refractivity contribution in [3.63, 3.8) is 0 Å². The van der Waals surface area contributed by atoms with Gasteiger partial charge >= 0.3 is 13.8 Å². The molecular formula is C18H11B2NO2. The van der Waals surface area contributed by atoms with E-state index in [-0.39, 0.29) is 0 Å². The van der Waals surface area contributed by atoms with Gasteiger partial charge in [-0.3, -0.25) is 0 Å². The van der Waals surface area contributed by atoms with E-state index >= 15 is 0 Å². The van der Waals surface area contributed by atoms with Gasteiger partial charge in [0.2, 0.25) is 0 Å². The van der Waals surface area contributed by atoms with Crippen LogP contribution in [0.2, 0.25) is 0 Å². The van der Waals surface area contributed by atoms with Gasteiger partial charge in [-0.15, -0.1) is 0 Å². The summed E-state index contributed by atoms with van der Waals surface area (Å²) in [7, 11) is 0. The van der Waals surface area contributed by atoms with Crippen LogP contribution in [-0.4, -0.2) is 28.4 Å². The lowest BCUT2D eigenvalue weighted by molar-refractivity contribution is 0.598. The predicted octanol–water partition coefficient (Wildman–Crippen LogP) is -0.394. The second-order valence-electron chi connectivity index (χ2n) is 6.41. The van der Waals surface area contributed by atoms with E-state index < -0.39 is 13.8 Å². The van der Waals surface area contributed by atoms with Crippen molar-refractivity contribution in [3.8, 4) is 5.69 Å². The highest BCUT2D eigenvalue weighted by molar-refractivity contribution is 6.87. The summed E-state index contributed by atoms with van der Waals surface area (Å²) in [5.41, 5.74) is 6.69. The molecule has 0 spiro atoms. The smallest absolute Gasteiger partial charge is 0.363 e. The van der Waals surface area contributed by atoms with E-state index in [0.29, 0.717) is 0 Å². The molecule has 6 rings (SSSR count). The second-order valence-corrected chi connectivity index (χ2v) is 6.41. The summed E-state index contributed by atoms with van der Waals surface area (Å²) in [5.74, 6) is 0. The molecule has 0 radical (unpaired) electrons. The van der Waals surface area contributed by atoms with Crippen LogP contribution in [0.4, 0.5) is 0 Å². The molecule has 0 atom stereocenters. The van der Waals surface area contributed by atoms with Gasteiger partial charge < -0.3 is 14.6 Å². The lowest BCUT2D eigenvalue weighted by Crippen LogP contribution is -2.56. The van der Waals surface area contributed by atoms with E-state index in [4.69, 9.17) is 0 Å². The van der Waals surface area contributed by atoms with E-state index in [9.17, 15) is 10.0 Å². The Balaban J connectivity index is 2.04. The van der Waals surface area contributed by atoms with Crippen LogP contribution in [-0.2, 0) is 0 Å². The summed E-state index contributed by atoms with van der Waals surface area (Å²) >= 11 is 0. The Bertz CT molecular complexity index is 1080. The van der Waals surface area contributed by atoms with Crippen LogP contribution < -0.4 is 21.9 Å². The molecule has 0 aliphatic carbocycles. The average Bonchev–Trinajstić information content (AvgIpc) is 2.93. The minimum atomic E-state index is -0.654. The fraction of sp³-hybridized carbons (Fsp3) is 0. The fourth-order valence-corrected chi connectivity index (χ4v) is 4.45. The summed E-state index contributed by atoms with van der Waals surface area (Å²) in [6.07, 6.45) is 0. The molecule has 4 aromatic rings. The Labute approximate surface area is 133 Å². The molecule has 23 heavy (non-hydrogen) atoms. The third-order valence-electron chi connectivity index (χ3n) is 5.37. The Morgan fingerprint density at radius 2 is 1.04 bits per heavy atom. The quantitative estimate of drug-likeness (QED) is 0.434. The highest BCUT2D eigenvalue weighted by atomic mass is 16.2. The maximum absolute atomic E-state index is 10.9. The van der Waals surface area contributed by atoms with Gasteiger partial charge in [-0.25, -0.2) is 0 Å². The Hall–Kier alpha value is -2.49. The standard InChI is InChI=1S/C18H11B2NO2/c22-19-12-6-1-4-10-11-5-2-7-13-17(11)21(16(10)12)18-14(19)8-3-9-15(18)20(13)23/h1-9,22-23H. The van der Waals surface area contributed by atoms with Gasteiger partial charge in [-0.2, -0.15) is 0 Å². The first-order chi connectivity index (χ1) is 11.3. The van der Waals surface area contributed by atoms with Crippen LogP contribution in [0.5, 0.6) is 0 Å². The van der Waals surface area contributed by atoms with Crippen molar-refractivity contribution in [2.24, 2.45) is 0 Å². The zero-order valence-electron chi connectivity index (χ0n) is 12.2. The lowest BCUT2D eigenvalue weighted by Gasteiger charge is -2.30. The van der Waals surface area contributed by atoms with Gasteiger partial charge in [0.1, 0.15) is 0 Å². The third kappa shape index (κ3) is 1.17. The summed E-state index contributed by atoms with van der Waals surface area (Å²) in [6.45, 7) is -1.31. The van der Waals surface area contributed by atoms with Crippen LogP contribution in [0, 0.1) is 0 Å². The molecule has 0 saturated carbocycles. The largest absolute Gasteiger partial charge is 0.443 e. The van der Waals surface area contributed by atoms with E-state index in [0.717, 1.165) is 49.3 Å². The first-order valence-electron chi connectivity index (χ1n) is 7.82. The highest BCUT2D eigenvalue weighted by Crippen LogP contribution is 2.33. The molecular weight excluding hydrogens is 284 g/mol. The number of hydrogen-bond donors (Lipinski definition) is 2. The number of aromatic nitrogens is 1. The minimum Gasteiger partial charge on any atom is -0.443 e. The van der Waals surface area contributed by atoms with Crippen LogP contribution in [0.1, 0.15) is 0 Å². The number of nitrogens with zero attached hydrogens (tertiary/aromatic N) is 1. The first-order valence-corrected chi connectivity index (χ1v) is 7.82. The van der Waals surface area contributed by atoms with Crippen LogP contribution in [0.25, 0.3) is 27.5 Å². The van der Waals surface area contributed by atoms with Crippen LogP contribution in [0.15, 0.2) is 54.6 Å². The van der Waals surface area contributed by atoms with E-state index in [1.807, 2.05) is 42.5 Å². The second kappa shape index (κ2) is 3.70. The SMILES string of the molecule is OB1c2cccc3c2-n2c4c1cccc4c1cccc(c12)B3O. The maximum Gasteiger partial charge on any atom is 0.363 e. The van der Waals surface area contributed by atoms with Gasteiger partial charge in [0.15, 0.2) is 0 Å².